The highest BCUT2D eigenvalue weighted by atomic mass is 16.6. The molecule has 0 amide bonds. The van der Waals surface area contributed by atoms with E-state index < -0.39 is 0 Å². The molecule has 0 bridgehead atoms. The SMILES string of the molecule is CCCCCCCCCCCCCCCCOCC(COc1ccc(C)cc1)OCCCCCCCCCCCCCCCC. The van der Waals surface area contributed by atoms with Gasteiger partial charge in [-0.15, -0.1) is 0 Å². The minimum Gasteiger partial charge on any atom is -0.491 e. The molecule has 0 fully saturated rings. The molecule has 264 valence electrons. The molecule has 1 aromatic rings. The average Bonchev–Trinajstić information content (AvgIpc) is 3.05. The van der Waals surface area contributed by atoms with Crippen molar-refractivity contribution in [2.24, 2.45) is 0 Å². The zero-order valence-corrected chi connectivity index (χ0v) is 30.7. The first-order valence-corrected chi connectivity index (χ1v) is 20.1. The van der Waals surface area contributed by atoms with Crippen molar-refractivity contribution in [3.8, 4) is 5.75 Å². The van der Waals surface area contributed by atoms with Crippen LogP contribution in [-0.2, 0) is 9.47 Å². The van der Waals surface area contributed by atoms with Gasteiger partial charge in [-0.2, -0.15) is 0 Å². The fourth-order valence-corrected chi connectivity index (χ4v) is 6.13. The third-order valence-corrected chi connectivity index (χ3v) is 9.25. The van der Waals surface area contributed by atoms with E-state index in [9.17, 15) is 0 Å². The second-order valence-corrected chi connectivity index (χ2v) is 13.9. The molecular weight excluding hydrogens is 552 g/mol. The molecule has 3 heteroatoms. The van der Waals surface area contributed by atoms with Crippen molar-refractivity contribution in [2.45, 2.75) is 207 Å². The van der Waals surface area contributed by atoms with E-state index in [1.54, 1.807) is 0 Å². The van der Waals surface area contributed by atoms with Crippen LogP contribution < -0.4 is 4.74 Å². The minimum absolute atomic E-state index is 0.0000737. The van der Waals surface area contributed by atoms with Crippen LogP contribution in [0.5, 0.6) is 5.75 Å². The highest BCUT2D eigenvalue weighted by molar-refractivity contribution is 5.26. The highest BCUT2D eigenvalue weighted by Crippen LogP contribution is 2.16. The smallest absolute Gasteiger partial charge is 0.119 e. The molecule has 0 aliphatic heterocycles. The molecule has 3 nitrogen and oxygen atoms in total. The molecule has 0 saturated carbocycles. The molecular formula is C42H78O3. The van der Waals surface area contributed by atoms with Crippen LogP contribution in [0.3, 0.4) is 0 Å². The first-order chi connectivity index (χ1) is 22.3. The van der Waals surface area contributed by atoms with Crippen LogP contribution in [0.4, 0.5) is 0 Å². The maximum absolute atomic E-state index is 6.27. The summed E-state index contributed by atoms with van der Waals surface area (Å²) in [6.07, 6.45) is 38.7. The maximum Gasteiger partial charge on any atom is 0.119 e. The summed E-state index contributed by atoms with van der Waals surface area (Å²) in [5.74, 6) is 0.915. The number of rotatable bonds is 36. The van der Waals surface area contributed by atoms with E-state index in [-0.39, 0.29) is 6.10 Å². The van der Waals surface area contributed by atoms with E-state index >= 15 is 0 Å². The molecule has 0 aliphatic carbocycles. The zero-order valence-electron chi connectivity index (χ0n) is 30.7. The van der Waals surface area contributed by atoms with Gasteiger partial charge < -0.3 is 14.2 Å². The summed E-state index contributed by atoms with van der Waals surface area (Å²) in [7, 11) is 0. The molecule has 0 heterocycles. The minimum atomic E-state index is -0.0000737. The van der Waals surface area contributed by atoms with Crippen LogP contribution in [0.25, 0.3) is 0 Å². The number of benzene rings is 1. The van der Waals surface area contributed by atoms with Gasteiger partial charge in [0.15, 0.2) is 0 Å². The largest absolute Gasteiger partial charge is 0.491 e. The lowest BCUT2D eigenvalue weighted by Crippen LogP contribution is -2.28. The first kappa shape index (κ1) is 42.0. The van der Waals surface area contributed by atoms with Gasteiger partial charge >= 0.3 is 0 Å². The Hall–Kier alpha value is -1.06. The van der Waals surface area contributed by atoms with Crippen molar-refractivity contribution in [3.05, 3.63) is 29.8 Å². The normalized spacial score (nSPS) is 12.2. The summed E-state index contributed by atoms with van der Waals surface area (Å²) in [5.41, 5.74) is 1.25. The van der Waals surface area contributed by atoms with E-state index in [0.29, 0.717) is 13.2 Å². The van der Waals surface area contributed by atoms with Crippen molar-refractivity contribution in [2.75, 3.05) is 26.4 Å². The highest BCUT2D eigenvalue weighted by Gasteiger charge is 2.11. The van der Waals surface area contributed by atoms with Crippen molar-refractivity contribution < 1.29 is 14.2 Å². The molecule has 1 aromatic carbocycles. The summed E-state index contributed by atoms with van der Waals surface area (Å²) in [5, 5.41) is 0. The molecule has 45 heavy (non-hydrogen) atoms. The van der Waals surface area contributed by atoms with Crippen LogP contribution >= 0.6 is 0 Å². The van der Waals surface area contributed by atoms with Gasteiger partial charge in [-0.3, -0.25) is 0 Å². The number of hydrogen-bond acceptors (Lipinski definition) is 3. The summed E-state index contributed by atoms with van der Waals surface area (Å²) in [6, 6.07) is 8.31. The average molecular weight is 631 g/mol. The Labute approximate surface area is 282 Å². The monoisotopic (exact) mass is 631 g/mol. The lowest BCUT2D eigenvalue weighted by atomic mass is 10.0. The van der Waals surface area contributed by atoms with Crippen molar-refractivity contribution >= 4 is 0 Å². The van der Waals surface area contributed by atoms with E-state index in [0.717, 1.165) is 31.8 Å². The Morgan fingerprint density at radius 1 is 0.422 bits per heavy atom. The topological polar surface area (TPSA) is 27.7 Å². The summed E-state index contributed by atoms with van der Waals surface area (Å²) < 4.78 is 18.4. The van der Waals surface area contributed by atoms with Gasteiger partial charge in [0.25, 0.3) is 0 Å². The van der Waals surface area contributed by atoms with Crippen molar-refractivity contribution in [1.82, 2.24) is 0 Å². The molecule has 1 unspecified atom stereocenters. The lowest BCUT2D eigenvalue weighted by molar-refractivity contribution is -0.0389. The van der Waals surface area contributed by atoms with Gasteiger partial charge in [-0.25, -0.2) is 0 Å². The molecule has 0 aliphatic rings. The number of ether oxygens (including phenoxy) is 3. The molecule has 0 N–H and O–H groups in total. The van der Waals surface area contributed by atoms with Crippen LogP contribution in [0.15, 0.2) is 24.3 Å². The molecule has 0 saturated heterocycles. The van der Waals surface area contributed by atoms with Crippen LogP contribution in [-0.4, -0.2) is 32.5 Å². The van der Waals surface area contributed by atoms with E-state index in [1.165, 1.54) is 173 Å². The molecule has 0 radical (unpaired) electrons. The third-order valence-electron chi connectivity index (χ3n) is 9.25. The summed E-state index contributed by atoms with van der Waals surface area (Å²) in [6.45, 7) is 9.53. The quantitative estimate of drug-likeness (QED) is 0.0690. The number of unbranched alkanes of at least 4 members (excludes halogenated alkanes) is 26. The summed E-state index contributed by atoms with van der Waals surface area (Å²) >= 11 is 0. The molecule has 1 rings (SSSR count). The Balaban J connectivity index is 2.05. The lowest BCUT2D eigenvalue weighted by Gasteiger charge is -2.19. The fourth-order valence-electron chi connectivity index (χ4n) is 6.13. The zero-order chi connectivity index (χ0) is 32.3. The predicted octanol–water partition coefficient (Wildman–Crippen LogP) is 13.7. The summed E-state index contributed by atoms with van der Waals surface area (Å²) in [4.78, 5) is 0. The van der Waals surface area contributed by atoms with Gasteiger partial charge in [-0.1, -0.05) is 198 Å². The number of aryl methyl sites for hydroxylation is 1. The number of hydrogen-bond donors (Lipinski definition) is 0. The molecule has 0 aromatic heterocycles. The van der Waals surface area contributed by atoms with Gasteiger partial charge in [0, 0.05) is 13.2 Å². The van der Waals surface area contributed by atoms with E-state index in [2.05, 4.69) is 45.0 Å². The van der Waals surface area contributed by atoms with Crippen molar-refractivity contribution in [1.29, 1.82) is 0 Å². The Kier molecular flexibility index (Phi) is 32.0. The predicted molar refractivity (Wildman–Crippen MR) is 198 cm³/mol. The molecule has 1 atom stereocenters. The standard InChI is InChI=1S/C42H78O3/c1-4-6-8-10-12-14-16-18-20-22-24-26-28-30-36-43-38-42(39-45-41-34-32-40(3)33-35-41)44-37-31-29-27-25-23-21-19-17-15-13-11-9-7-5-2/h32-35,42H,4-31,36-39H2,1-3H3. The van der Waals surface area contributed by atoms with E-state index in [1.807, 2.05) is 0 Å². The Morgan fingerprint density at radius 3 is 1.18 bits per heavy atom. The second kappa shape index (κ2) is 34.3. The fraction of sp³-hybridized carbons (Fsp3) is 0.857. The van der Waals surface area contributed by atoms with Gasteiger partial charge in [0.05, 0.1) is 6.61 Å². The van der Waals surface area contributed by atoms with Crippen LogP contribution in [0, 0.1) is 6.92 Å². The Bertz CT molecular complexity index is 688. The van der Waals surface area contributed by atoms with Crippen LogP contribution in [0.1, 0.15) is 199 Å². The maximum atomic E-state index is 6.27. The van der Waals surface area contributed by atoms with E-state index in [4.69, 9.17) is 14.2 Å². The third kappa shape index (κ3) is 30.0. The van der Waals surface area contributed by atoms with Gasteiger partial charge in [0.2, 0.25) is 0 Å². The first-order valence-electron chi connectivity index (χ1n) is 20.1. The van der Waals surface area contributed by atoms with Crippen LogP contribution in [0.2, 0.25) is 0 Å². The van der Waals surface area contributed by atoms with Crippen molar-refractivity contribution in [3.63, 3.8) is 0 Å². The van der Waals surface area contributed by atoms with Gasteiger partial charge in [0.1, 0.15) is 18.5 Å². The second-order valence-electron chi connectivity index (χ2n) is 13.9. The molecule has 0 spiro atoms. The Morgan fingerprint density at radius 2 is 0.778 bits per heavy atom. The van der Waals surface area contributed by atoms with Gasteiger partial charge in [-0.05, 0) is 31.9 Å².